The Hall–Kier alpha value is -0.120. The summed E-state index contributed by atoms with van der Waals surface area (Å²) in [7, 11) is 0. The number of fused-ring (bicyclic) bond motifs is 1. The minimum Gasteiger partial charge on any atom is -0.377 e. The SMILES string of the molecule is CCCCN(CC)CC1(N)C2CCCOC2C1(C)C. The fourth-order valence-electron chi connectivity index (χ4n) is 4.09. The second-order valence-corrected chi connectivity index (χ2v) is 7.02. The van der Waals surface area contributed by atoms with Crippen molar-refractivity contribution >= 4 is 0 Å². The molecule has 2 fully saturated rings. The molecule has 1 aliphatic carbocycles. The molecule has 1 heterocycles. The van der Waals surface area contributed by atoms with Crippen molar-refractivity contribution in [3.63, 3.8) is 0 Å². The zero-order valence-electron chi connectivity index (χ0n) is 13.2. The van der Waals surface area contributed by atoms with Gasteiger partial charge in [-0.1, -0.05) is 34.1 Å². The van der Waals surface area contributed by atoms with Gasteiger partial charge in [0.15, 0.2) is 0 Å². The topological polar surface area (TPSA) is 38.5 Å². The van der Waals surface area contributed by atoms with Gasteiger partial charge in [0.2, 0.25) is 0 Å². The van der Waals surface area contributed by atoms with E-state index in [2.05, 4.69) is 32.6 Å². The minimum atomic E-state index is -0.0676. The van der Waals surface area contributed by atoms with Gasteiger partial charge >= 0.3 is 0 Å². The number of unbranched alkanes of at least 4 members (excludes halogenated alkanes) is 1. The fraction of sp³-hybridized carbons (Fsp3) is 1.00. The molecule has 1 saturated heterocycles. The van der Waals surface area contributed by atoms with Crippen molar-refractivity contribution in [2.75, 3.05) is 26.2 Å². The number of ether oxygens (including phenoxy) is 1. The predicted octanol–water partition coefficient (Wildman–Crippen LogP) is 2.64. The Kier molecular flexibility index (Phi) is 4.59. The van der Waals surface area contributed by atoms with Gasteiger partial charge in [0, 0.05) is 30.0 Å². The lowest BCUT2D eigenvalue weighted by molar-refractivity contribution is -0.232. The lowest BCUT2D eigenvalue weighted by Crippen LogP contribution is -2.80. The van der Waals surface area contributed by atoms with Crippen LogP contribution in [-0.4, -0.2) is 42.8 Å². The maximum Gasteiger partial charge on any atom is 0.0690 e. The first-order valence-electron chi connectivity index (χ1n) is 8.10. The third-order valence-electron chi connectivity index (χ3n) is 5.66. The number of likely N-dealkylation sites (N-methyl/N-ethyl adjacent to an activating group) is 1. The van der Waals surface area contributed by atoms with Crippen LogP contribution >= 0.6 is 0 Å². The van der Waals surface area contributed by atoms with E-state index in [1.807, 2.05) is 0 Å². The van der Waals surface area contributed by atoms with Crippen molar-refractivity contribution in [2.45, 2.75) is 65.0 Å². The van der Waals surface area contributed by atoms with Crippen LogP contribution in [-0.2, 0) is 4.74 Å². The molecule has 2 N–H and O–H groups in total. The van der Waals surface area contributed by atoms with Crippen LogP contribution in [0, 0.1) is 11.3 Å². The Labute approximate surface area is 118 Å². The van der Waals surface area contributed by atoms with Gasteiger partial charge in [0.25, 0.3) is 0 Å². The highest BCUT2D eigenvalue weighted by Crippen LogP contribution is 2.57. The summed E-state index contributed by atoms with van der Waals surface area (Å²) >= 11 is 0. The molecular formula is C16H32N2O. The summed E-state index contributed by atoms with van der Waals surface area (Å²) in [6.07, 6.45) is 5.34. The van der Waals surface area contributed by atoms with E-state index in [1.54, 1.807) is 0 Å². The highest BCUT2D eigenvalue weighted by molar-refractivity contribution is 5.20. The molecule has 3 unspecified atom stereocenters. The molecule has 0 aromatic carbocycles. The number of hydrogen-bond donors (Lipinski definition) is 1. The molecule has 3 heteroatoms. The van der Waals surface area contributed by atoms with Gasteiger partial charge in [-0.25, -0.2) is 0 Å². The van der Waals surface area contributed by atoms with Crippen molar-refractivity contribution in [3.8, 4) is 0 Å². The molecular weight excluding hydrogens is 236 g/mol. The van der Waals surface area contributed by atoms with Crippen molar-refractivity contribution in [1.29, 1.82) is 0 Å². The van der Waals surface area contributed by atoms with Gasteiger partial charge in [0.05, 0.1) is 6.10 Å². The molecule has 0 bridgehead atoms. The number of nitrogens with zero attached hydrogens (tertiary/aromatic N) is 1. The molecule has 1 aliphatic heterocycles. The van der Waals surface area contributed by atoms with Crippen molar-refractivity contribution in [3.05, 3.63) is 0 Å². The van der Waals surface area contributed by atoms with Gasteiger partial charge in [-0.05, 0) is 32.4 Å². The predicted molar refractivity (Wildman–Crippen MR) is 80.2 cm³/mol. The van der Waals surface area contributed by atoms with E-state index in [-0.39, 0.29) is 11.0 Å². The zero-order valence-corrected chi connectivity index (χ0v) is 13.2. The van der Waals surface area contributed by atoms with Crippen molar-refractivity contribution < 1.29 is 4.74 Å². The Balaban J connectivity index is 2.03. The average molecular weight is 268 g/mol. The molecule has 0 radical (unpaired) electrons. The standard InChI is InChI=1S/C16H32N2O/c1-5-7-10-18(6-2)12-16(17)13-9-8-11-19-14(13)15(16,3)4/h13-14H,5-12,17H2,1-4H3. The summed E-state index contributed by atoms with van der Waals surface area (Å²) in [5.41, 5.74) is 6.90. The van der Waals surface area contributed by atoms with Crippen LogP contribution in [0.3, 0.4) is 0 Å². The molecule has 2 rings (SSSR count). The summed E-state index contributed by atoms with van der Waals surface area (Å²) in [6, 6.07) is 0. The fourth-order valence-corrected chi connectivity index (χ4v) is 4.09. The van der Waals surface area contributed by atoms with Gasteiger partial charge in [0.1, 0.15) is 0 Å². The summed E-state index contributed by atoms with van der Waals surface area (Å²) in [6.45, 7) is 13.3. The second-order valence-electron chi connectivity index (χ2n) is 7.02. The normalized spacial score (nSPS) is 36.9. The number of rotatable bonds is 6. The van der Waals surface area contributed by atoms with E-state index in [4.69, 9.17) is 10.5 Å². The molecule has 0 aromatic heterocycles. The first-order valence-corrected chi connectivity index (χ1v) is 8.10. The van der Waals surface area contributed by atoms with Crippen molar-refractivity contribution in [1.82, 2.24) is 4.90 Å². The Morgan fingerprint density at radius 2 is 2.05 bits per heavy atom. The van der Waals surface area contributed by atoms with Crippen LogP contribution in [0.5, 0.6) is 0 Å². The largest absolute Gasteiger partial charge is 0.377 e. The van der Waals surface area contributed by atoms with E-state index in [0.29, 0.717) is 12.0 Å². The smallest absolute Gasteiger partial charge is 0.0690 e. The summed E-state index contributed by atoms with van der Waals surface area (Å²) < 4.78 is 5.99. The van der Waals surface area contributed by atoms with E-state index in [9.17, 15) is 0 Å². The first kappa shape index (κ1) is 15.3. The molecule has 1 saturated carbocycles. The molecule has 3 nitrogen and oxygen atoms in total. The Morgan fingerprint density at radius 3 is 2.68 bits per heavy atom. The quantitative estimate of drug-likeness (QED) is 0.805. The van der Waals surface area contributed by atoms with Crippen LogP contribution in [0.25, 0.3) is 0 Å². The zero-order chi connectivity index (χ0) is 14.1. The van der Waals surface area contributed by atoms with Crippen molar-refractivity contribution in [2.24, 2.45) is 17.1 Å². The maximum absolute atomic E-state index is 6.86. The molecule has 19 heavy (non-hydrogen) atoms. The molecule has 112 valence electrons. The van der Waals surface area contributed by atoms with Gasteiger partial charge < -0.3 is 15.4 Å². The van der Waals surface area contributed by atoms with Crippen LogP contribution < -0.4 is 5.73 Å². The minimum absolute atomic E-state index is 0.0676. The van der Waals surface area contributed by atoms with Gasteiger partial charge in [-0.3, -0.25) is 0 Å². The average Bonchev–Trinajstić information content (AvgIpc) is 2.43. The monoisotopic (exact) mass is 268 g/mol. The van der Waals surface area contributed by atoms with Gasteiger partial charge in [-0.2, -0.15) is 0 Å². The summed E-state index contributed by atoms with van der Waals surface area (Å²) in [5.74, 6) is 0.562. The lowest BCUT2D eigenvalue weighted by Gasteiger charge is -2.67. The lowest BCUT2D eigenvalue weighted by atomic mass is 9.46. The summed E-state index contributed by atoms with van der Waals surface area (Å²) in [4.78, 5) is 2.54. The third-order valence-corrected chi connectivity index (χ3v) is 5.66. The first-order chi connectivity index (χ1) is 8.97. The molecule has 0 amide bonds. The Morgan fingerprint density at radius 1 is 1.32 bits per heavy atom. The molecule has 3 atom stereocenters. The summed E-state index contributed by atoms with van der Waals surface area (Å²) in [5, 5.41) is 0. The highest BCUT2D eigenvalue weighted by atomic mass is 16.5. The van der Waals surface area contributed by atoms with Gasteiger partial charge in [-0.15, -0.1) is 0 Å². The van der Waals surface area contributed by atoms with E-state index in [1.165, 1.54) is 32.2 Å². The maximum atomic E-state index is 6.86. The van der Waals surface area contributed by atoms with Crippen LogP contribution in [0.1, 0.15) is 53.4 Å². The number of hydrogen-bond acceptors (Lipinski definition) is 3. The number of nitrogens with two attached hydrogens (primary N) is 1. The molecule has 2 aliphatic rings. The molecule has 0 spiro atoms. The van der Waals surface area contributed by atoms with E-state index >= 15 is 0 Å². The highest BCUT2D eigenvalue weighted by Gasteiger charge is 2.66. The van der Waals surface area contributed by atoms with Crippen LogP contribution in [0.2, 0.25) is 0 Å². The second kappa shape index (κ2) is 5.71. The molecule has 0 aromatic rings. The van der Waals surface area contributed by atoms with E-state index in [0.717, 1.165) is 19.7 Å². The Bertz CT molecular complexity index is 305. The van der Waals surface area contributed by atoms with Crippen LogP contribution in [0.4, 0.5) is 0 Å². The third kappa shape index (κ3) is 2.45. The van der Waals surface area contributed by atoms with E-state index < -0.39 is 0 Å². The van der Waals surface area contributed by atoms with Crippen LogP contribution in [0.15, 0.2) is 0 Å².